The van der Waals surface area contributed by atoms with Crippen LogP contribution in [0, 0.1) is 19.3 Å². The Morgan fingerprint density at radius 1 is 1.18 bits per heavy atom. The molecule has 0 unspecified atom stereocenters. The number of nitrogens with zero attached hydrogens (tertiary/aromatic N) is 3. The van der Waals surface area contributed by atoms with E-state index in [1.807, 2.05) is 51.7 Å². The van der Waals surface area contributed by atoms with Crippen LogP contribution >= 0.6 is 11.3 Å². The number of aryl methyl sites for hydroxylation is 2. The quantitative estimate of drug-likeness (QED) is 0.846. The molecule has 1 aliphatic rings. The van der Waals surface area contributed by atoms with Gasteiger partial charge in [-0.3, -0.25) is 14.5 Å². The third-order valence-electron chi connectivity index (χ3n) is 4.75. The number of carbonyl (C=O) groups excluding carboxylic acids is 2. The molecular formula is C20H28N4O3S. The lowest BCUT2D eigenvalue weighted by Gasteiger charge is -2.34. The number of anilines is 1. The first kappa shape index (κ1) is 20.5. The molecule has 0 aromatic carbocycles. The summed E-state index contributed by atoms with van der Waals surface area (Å²) in [5.74, 6) is 0.837. The fourth-order valence-corrected chi connectivity index (χ4v) is 4.05. The van der Waals surface area contributed by atoms with Gasteiger partial charge in [-0.2, -0.15) is 0 Å². The van der Waals surface area contributed by atoms with Crippen LogP contribution in [0.1, 0.15) is 47.5 Å². The van der Waals surface area contributed by atoms with Gasteiger partial charge in [0.1, 0.15) is 0 Å². The number of nitrogens with one attached hydrogen (secondary N) is 1. The van der Waals surface area contributed by atoms with Crippen molar-refractivity contribution in [3.8, 4) is 0 Å². The molecule has 1 saturated heterocycles. The van der Waals surface area contributed by atoms with Crippen LogP contribution < -0.4 is 5.32 Å². The highest BCUT2D eigenvalue weighted by Gasteiger charge is 2.27. The van der Waals surface area contributed by atoms with Crippen LogP contribution in [0.5, 0.6) is 0 Å². The molecule has 2 amide bonds. The fourth-order valence-electron chi connectivity index (χ4n) is 3.02. The van der Waals surface area contributed by atoms with Crippen molar-refractivity contribution in [1.29, 1.82) is 0 Å². The summed E-state index contributed by atoms with van der Waals surface area (Å²) in [6, 6.07) is 3.82. The molecule has 0 spiro atoms. The molecule has 152 valence electrons. The Morgan fingerprint density at radius 3 is 2.43 bits per heavy atom. The second-order valence-corrected chi connectivity index (χ2v) is 9.38. The van der Waals surface area contributed by atoms with Crippen LogP contribution in [0.4, 0.5) is 5.00 Å². The fraction of sp³-hybridized carbons (Fsp3) is 0.550. The minimum Gasteiger partial charge on any atom is -0.360 e. The SMILES string of the molecule is Cc1cc(CN2CCN(C(=O)c3sc(NC(=O)C(C)(C)C)cc3C)CC2)on1. The molecule has 0 bridgehead atoms. The standard InChI is InChI=1S/C20H28N4O3S/c1-13-10-16(21-19(26)20(3,4)5)28-17(13)18(25)24-8-6-23(7-9-24)12-15-11-14(2)22-27-15/h10-11H,6-9,12H2,1-5H3,(H,21,26). The largest absolute Gasteiger partial charge is 0.360 e. The van der Waals surface area contributed by atoms with Crippen molar-refractivity contribution in [2.45, 2.75) is 41.2 Å². The monoisotopic (exact) mass is 404 g/mol. The number of thiophene rings is 1. The molecule has 0 aliphatic carbocycles. The van der Waals surface area contributed by atoms with Crippen molar-refractivity contribution in [1.82, 2.24) is 15.0 Å². The summed E-state index contributed by atoms with van der Waals surface area (Å²) < 4.78 is 5.28. The lowest BCUT2D eigenvalue weighted by molar-refractivity contribution is -0.123. The third kappa shape index (κ3) is 4.80. The number of amides is 2. The first-order chi connectivity index (χ1) is 13.1. The second kappa shape index (κ2) is 8.05. The third-order valence-corrected chi connectivity index (χ3v) is 5.89. The molecule has 1 aliphatic heterocycles. The van der Waals surface area contributed by atoms with Crippen molar-refractivity contribution in [2.75, 3.05) is 31.5 Å². The summed E-state index contributed by atoms with van der Waals surface area (Å²) >= 11 is 1.35. The predicted octanol–water partition coefficient (Wildman–Crippen LogP) is 3.30. The van der Waals surface area contributed by atoms with Gasteiger partial charge in [0.15, 0.2) is 5.76 Å². The van der Waals surface area contributed by atoms with Gasteiger partial charge in [0.2, 0.25) is 5.91 Å². The van der Waals surface area contributed by atoms with Gasteiger partial charge in [-0.15, -0.1) is 11.3 Å². The normalized spacial score (nSPS) is 15.7. The average molecular weight is 405 g/mol. The van der Waals surface area contributed by atoms with Gasteiger partial charge < -0.3 is 14.7 Å². The summed E-state index contributed by atoms with van der Waals surface area (Å²) in [6.07, 6.45) is 0. The van der Waals surface area contributed by atoms with E-state index >= 15 is 0 Å². The number of carbonyl (C=O) groups is 2. The van der Waals surface area contributed by atoms with Crippen molar-refractivity contribution in [3.63, 3.8) is 0 Å². The number of piperazine rings is 1. The molecule has 2 aromatic heterocycles. The molecular weight excluding hydrogens is 376 g/mol. The van der Waals surface area contributed by atoms with E-state index in [9.17, 15) is 9.59 Å². The molecule has 28 heavy (non-hydrogen) atoms. The molecule has 0 radical (unpaired) electrons. The summed E-state index contributed by atoms with van der Waals surface area (Å²) in [7, 11) is 0. The average Bonchev–Trinajstić information content (AvgIpc) is 3.19. The van der Waals surface area contributed by atoms with Gasteiger partial charge in [0.25, 0.3) is 5.91 Å². The maximum absolute atomic E-state index is 13.0. The Kier molecular flexibility index (Phi) is 5.90. The van der Waals surface area contributed by atoms with Crippen molar-refractivity contribution in [3.05, 3.63) is 34.0 Å². The van der Waals surface area contributed by atoms with E-state index in [-0.39, 0.29) is 11.8 Å². The van der Waals surface area contributed by atoms with Crippen LogP contribution in [0.3, 0.4) is 0 Å². The van der Waals surface area contributed by atoms with Gasteiger partial charge in [-0.25, -0.2) is 0 Å². The maximum atomic E-state index is 13.0. The second-order valence-electron chi connectivity index (χ2n) is 8.33. The van der Waals surface area contributed by atoms with Crippen molar-refractivity contribution >= 4 is 28.2 Å². The minimum absolute atomic E-state index is 0.0360. The van der Waals surface area contributed by atoms with Crippen molar-refractivity contribution in [2.24, 2.45) is 5.41 Å². The molecule has 0 atom stereocenters. The molecule has 2 aromatic rings. The van der Waals surface area contributed by atoms with E-state index in [2.05, 4.69) is 15.4 Å². The minimum atomic E-state index is -0.472. The highest BCUT2D eigenvalue weighted by atomic mass is 32.1. The number of rotatable bonds is 4. The van der Waals surface area contributed by atoms with E-state index in [1.54, 1.807) is 0 Å². The number of hydrogen-bond donors (Lipinski definition) is 1. The molecule has 3 heterocycles. The highest BCUT2D eigenvalue weighted by molar-refractivity contribution is 7.18. The molecule has 8 heteroatoms. The van der Waals surface area contributed by atoms with Crippen molar-refractivity contribution < 1.29 is 14.1 Å². The van der Waals surface area contributed by atoms with Gasteiger partial charge in [-0.05, 0) is 25.5 Å². The van der Waals surface area contributed by atoms with E-state index in [4.69, 9.17) is 4.52 Å². The van der Waals surface area contributed by atoms with Crippen LogP contribution in [0.15, 0.2) is 16.7 Å². The smallest absolute Gasteiger partial charge is 0.264 e. The number of hydrogen-bond acceptors (Lipinski definition) is 6. The van der Waals surface area contributed by atoms with E-state index < -0.39 is 5.41 Å². The van der Waals surface area contributed by atoms with E-state index in [0.29, 0.717) is 24.5 Å². The van der Waals surface area contributed by atoms with Gasteiger partial charge in [-0.1, -0.05) is 25.9 Å². The first-order valence-corrected chi connectivity index (χ1v) is 10.3. The highest BCUT2D eigenvalue weighted by Crippen LogP contribution is 2.29. The Bertz CT molecular complexity index is 857. The van der Waals surface area contributed by atoms with Crippen LogP contribution in [0.25, 0.3) is 0 Å². The summed E-state index contributed by atoms with van der Waals surface area (Å²) in [4.78, 5) is 30.0. The van der Waals surface area contributed by atoms with Gasteiger partial charge in [0.05, 0.1) is 22.1 Å². The maximum Gasteiger partial charge on any atom is 0.264 e. The predicted molar refractivity (Wildman–Crippen MR) is 110 cm³/mol. The van der Waals surface area contributed by atoms with Crippen LogP contribution in [-0.4, -0.2) is 52.9 Å². The van der Waals surface area contributed by atoms with E-state index in [0.717, 1.165) is 35.1 Å². The Balaban J connectivity index is 1.58. The molecule has 3 rings (SSSR count). The Labute approximate surface area is 169 Å². The Morgan fingerprint density at radius 2 is 1.86 bits per heavy atom. The lowest BCUT2D eigenvalue weighted by atomic mass is 9.96. The van der Waals surface area contributed by atoms with Crippen LogP contribution in [0.2, 0.25) is 0 Å². The molecule has 7 nitrogen and oxygen atoms in total. The topological polar surface area (TPSA) is 78.7 Å². The Hall–Kier alpha value is -2.19. The molecule has 1 N–H and O–H groups in total. The molecule has 0 saturated carbocycles. The number of aromatic nitrogens is 1. The molecule has 1 fully saturated rings. The lowest BCUT2D eigenvalue weighted by Crippen LogP contribution is -2.48. The first-order valence-electron chi connectivity index (χ1n) is 9.49. The van der Waals surface area contributed by atoms with Gasteiger partial charge >= 0.3 is 0 Å². The zero-order chi connectivity index (χ0) is 20.5. The van der Waals surface area contributed by atoms with Crippen LogP contribution in [-0.2, 0) is 11.3 Å². The summed E-state index contributed by atoms with van der Waals surface area (Å²) in [5, 5.41) is 7.56. The van der Waals surface area contributed by atoms with Gasteiger partial charge in [0, 0.05) is 37.7 Å². The van der Waals surface area contributed by atoms with E-state index in [1.165, 1.54) is 11.3 Å². The summed E-state index contributed by atoms with van der Waals surface area (Å²) in [5.41, 5.74) is 1.31. The zero-order valence-electron chi connectivity index (χ0n) is 17.2. The zero-order valence-corrected chi connectivity index (χ0v) is 18.0. The summed E-state index contributed by atoms with van der Waals surface area (Å²) in [6.45, 7) is 13.1.